The smallest absolute Gasteiger partial charge is 0.328 e. The summed E-state index contributed by atoms with van der Waals surface area (Å²) in [4.78, 5) is 26.5. The second kappa shape index (κ2) is 15.5. The lowest BCUT2D eigenvalue weighted by atomic mass is 10.0. The van der Waals surface area contributed by atoms with Gasteiger partial charge in [0.15, 0.2) is 6.29 Å². The van der Waals surface area contributed by atoms with Crippen LogP contribution >= 0.6 is 11.8 Å². The summed E-state index contributed by atoms with van der Waals surface area (Å²) in [6.45, 7) is -0.0200. The van der Waals surface area contributed by atoms with E-state index in [9.17, 15) is 14.7 Å². The van der Waals surface area contributed by atoms with Gasteiger partial charge in [-0.05, 0) is 41.0 Å². The highest BCUT2D eigenvalue weighted by Gasteiger charge is 2.32. The second-order valence-electron chi connectivity index (χ2n) is 10.5. The van der Waals surface area contributed by atoms with Crippen molar-refractivity contribution in [1.82, 2.24) is 5.32 Å². The number of aliphatic hydroxyl groups is 1. The van der Waals surface area contributed by atoms with E-state index in [0.29, 0.717) is 18.5 Å². The first-order valence-corrected chi connectivity index (χ1v) is 15.5. The van der Waals surface area contributed by atoms with Gasteiger partial charge >= 0.3 is 12.0 Å². The van der Waals surface area contributed by atoms with E-state index >= 15 is 0 Å². The third-order valence-electron chi connectivity index (χ3n) is 7.28. The number of hydrogen-bond acceptors (Lipinski definition) is 7. The average Bonchev–Trinajstić information content (AvgIpc) is 3.07. The van der Waals surface area contributed by atoms with Gasteiger partial charge in [-0.15, -0.1) is 11.8 Å². The number of rotatable bonds is 11. The molecule has 3 N–H and O–H groups in total. The summed E-state index contributed by atoms with van der Waals surface area (Å²) >= 11 is 1.73. The molecule has 0 aromatic heterocycles. The first kappa shape index (κ1) is 31.3. The number of ether oxygens (including phenoxy) is 3. The van der Waals surface area contributed by atoms with E-state index in [4.69, 9.17) is 14.2 Å². The molecule has 1 fully saturated rings. The molecule has 4 atom stereocenters. The van der Waals surface area contributed by atoms with E-state index in [0.717, 1.165) is 32.9 Å². The molecule has 4 aromatic rings. The van der Waals surface area contributed by atoms with Crippen LogP contribution in [0.1, 0.15) is 41.1 Å². The van der Waals surface area contributed by atoms with Crippen LogP contribution in [0.2, 0.25) is 0 Å². The van der Waals surface area contributed by atoms with Crippen LogP contribution in [0.5, 0.6) is 0 Å². The normalized spacial score (nSPS) is 18.6. The molecule has 8 nitrogen and oxygen atoms in total. The van der Waals surface area contributed by atoms with Gasteiger partial charge in [-0.1, -0.05) is 84.9 Å². The molecule has 44 heavy (non-hydrogen) atoms. The fourth-order valence-corrected chi connectivity index (χ4v) is 5.95. The number of anilines is 1. The number of esters is 1. The van der Waals surface area contributed by atoms with Gasteiger partial charge in [0.05, 0.1) is 25.9 Å². The molecule has 0 radical (unpaired) electrons. The van der Waals surface area contributed by atoms with Crippen molar-refractivity contribution in [2.45, 2.75) is 48.9 Å². The van der Waals surface area contributed by atoms with Gasteiger partial charge in [0.2, 0.25) is 0 Å². The van der Waals surface area contributed by atoms with Crippen LogP contribution in [-0.4, -0.2) is 42.1 Å². The Morgan fingerprint density at radius 3 is 2.32 bits per heavy atom. The molecule has 1 heterocycles. The summed E-state index contributed by atoms with van der Waals surface area (Å²) in [7, 11) is 1.30. The summed E-state index contributed by atoms with van der Waals surface area (Å²) in [6, 6.07) is 33.3. The highest BCUT2D eigenvalue weighted by atomic mass is 32.2. The topological polar surface area (TPSA) is 106 Å². The summed E-state index contributed by atoms with van der Waals surface area (Å²) < 4.78 is 17.8. The molecule has 0 unspecified atom stereocenters. The maximum Gasteiger partial charge on any atom is 0.328 e. The zero-order valence-corrected chi connectivity index (χ0v) is 25.2. The lowest BCUT2D eigenvalue weighted by molar-refractivity contribution is -0.245. The number of aliphatic hydroxyl groups excluding tert-OH is 1. The lowest BCUT2D eigenvalue weighted by Crippen LogP contribution is -2.45. The number of carbonyl (C=O) groups is 2. The zero-order valence-electron chi connectivity index (χ0n) is 24.4. The number of amides is 2. The third kappa shape index (κ3) is 8.70. The number of nitrogens with one attached hydrogen (secondary N) is 2. The van der Waals surface area contributed by atoms with Crippen LogP contribution in [0.4, 0.5) is 10.5 Å². The molecule has 2 amide bonds. The summed E-state index contributed by atoms with van der Waals surface area (Å²) in [5, 5.41) is 15.0. The number of carbonyl (C=O) groups excluding carboxylic acids is 2. The van der Waals surface area contributed by atoms with E-state index < -0.39 is 24.3 Å². The molecule has 0 spiro atoms. The second-order valence-corrected chi connectivity index (χ2v) is 11.6. The minimum Gasteiger partial charge on any atom is -0.467 e. The van der Waals surface area contributed by atoms with Gasteiger partial charge in [-0.2, -0.15) is 0 Å². The Hall–Kier alpha value is -4.15. The van der Waals surface area contributed by atoms with Gasteiger partial charge in [0.25, 0.3) is 0 Å². The Morgan fingerprint density at radius 1 is 0.886 bits per heavy atom. The van der Waals surface area contributed by atoms with Crippen molar-refractivity contribution in [3.8, 4) is 0 Å². The molecule has 5 rings (SSSR count). The monoisotopic (exact) mass is 612 g/mol. The van der Waals surface area contributed by atoms with E-state index in [1.807, 2.05) is 91.0 Å². The number of methoxy groups -OCH3 is 1. The molecule has 0 bridgehead atoms. The number of thioether (sulfide) groups is 1. The van der Waals surface area contributed by atoms with Crippen LogP contribution in [-0.2, 0) is 32.0 Å². The highest BCUT2D eigenvalue weighted by molar-refractivity contribution is 7.99. The number of benzene rings is 4. The maximum absolute atomic E-state index is 13.0. The largest absolute Gasteiger partial charge is 0.467 e. The van der Waals surface area contributed by atoms with Gasteiger partial charge in [-0.3, -0.25) is 0 Å². The van der Waals surface area contributed by atoms with Crippen LogP contribution in [0.3, 0.4) is 0 Å². The maximum atomic E-state index is 13.0. The Kier molecular flexibility index (Phi) is 11.0. The van der Waals surface area contributed by atoms with Crippen LogP contribution in [0.15, 0.2) is 114 Å². The van der Waals surface area contributed by atoms with Crippen LogP contribution < -0.4 is 10.6 Å². The molecule has 1 saturated heterocycles. The SMILES string of the molecule is COC(=O)[C@H](Cc1ccccc1)NC(=O)Nc1cccc([C@H]2O[C@@H](CSc3ccccc3)C[C@@H](c3ccc(CO)cc3)O2)c1. The van der Waals surface area contributed by atoms with Gasteiger partial charge in [0.1, 0.15) is 6.04 Å². The minimum atomic E-state index is -0.851. The number of hydrogen-bond donors (Lipinski definition) is 3. The number of urea groups is 1. The van der Waals surface area contributed by atoms with Gasteiger partial charge in [0, 0.05) is 34.7 Å². The molecule has 1 aliphatic heterocycles. The van der Waals surface area contributed by atoms with Crippen molar-refractivity contribution in [2.24, 2.45) is 0 Å². The molecule has 0 aliphatic carbocycles. The Morgan fingerprint density at radius 2 is 1.61 bits per heavy atom. The first-order chi connectivity index (χ1) is 21.5. The molecule has 1 aliphatic rings. The Bertz CT molecular complexity index is 1500. The first-order valence-electron chi connectivity index (χ1n) is 14.5. The third-order valence-corrected chi connectivity index (χ3v) is 8.43. The van der Waals surface area contributed by atoms with E-state index in [-0.39, 0.29) is 18.8 Å². The average molecular weight is 613 g/mol. The molecule has 228 valence electrons. The predicted molar refractivity (Wildman–Crippen MR) is 170 cm³/mol. The van der Waals surface area contributed by atoms with Crippen molar-refractivity contribution in [2.75, 3.05) is 18.2 Å². The fraction of sp³-hybridized carbons (Fsp3) is 0.257. The van der Waals surface area contributed by atoms with Crippen molar-refractivity contribution < 1.29 is 28.9 Å². The van der Waals surface area contributed by atoms with E-state index in [1.165, 1.54) is 7.11 Å². The van der Waals surface area contributed by atoms with Crippen molar-refractivity contribution in [3.05, 3.63) is 131 Å². The lowest BCUT2D eigenvalue weighted by Gasteiger charge is -2.36. The molecule has 4 aromatic carbocycles. The van der Waals surface area contributed by atoms with E-state index in [2.05, 4.69) is 22.8 Å². The quantitative estimate of drug-likeness (QED) is 0.133. The highest BCUT2D eigenvalue weighted by Crippen LogP contribution is 2.40. The minimum absolute atomic E-state index is 0.0200. The van der Waals surface area contributed by atoms with Gasteiger partial charge in [-0.25, -0.2) is 9.59 Å². The van der Waals surface area contributed by atoms with Crippen molar-refractivity contribution in [1.29, 1.82) is 0 Å². The standard InChI is InChI=1S/C35H36N2O6S/c1-41-33(39)31(19-24-9-4-2-5-10-24)37-35(40)36-28-12-8-11-27(20-28)34-42-29(23-44-30-13-6-3-7-14-30)21-32(43-34)26-17-15-25(22-38)16-18-26/h2-18,20,29,31-32,34,38H,19,21-23H2,1H3,(H2,36,37,40)/t29-,31+,32+,34+/m1/s1. The zero-order chi connectivity index (χ0) is 30.7. The van der Waals surface area contributed by atoms with Crippen molar-refractivity contribution >= 4 is 29.4 Å². The molecule has 9 heteroatoms. The Labute approximate surface area is 261 Å². The van der Waals surface area contributed by atoms with Crippen molar-refractivity contribution in [3.63, 3.8) is 0 Å². The Balaban J connectivity index is 1.29. The van der Waals surface area contributed by atoms with Crippen LogP contribution in [0.25, 0.3) is 0 Å². The molecular formula is C35H36N2O6S. The molecule has 0 saturated carbocycles. The summed E-state index contributed by atoms with van der Waals surface area (Å²) in [5.41, 5.74) is 4.02. The molecular weight excluding hydrogens is 576 g/mol. The van der Waals surface area contributed by atoms with E-state index in [1.54, 1.807) is 17.8 Å². The fourth-order valence-electron chi connectivity index (χ4n) is 5.00. The predicted octanol–water partition coefficient (Wildman–Crippen LogP) is 6.42. The summed E-state index contributed by atoms with van der Waals surface area (Å²) in [5.74, 6) is 0.213. The summed E-state index contributed by atoms with van der Waals surface area (Å²) in [6.07, 6.45) is -0.0145. The van der Waals surface area contributed by atoms with Gasteiger partial charge < -0.3 is 30.0 Å². The van der Waals surface area contributed by atoms with Crippen LogP contribution in [0, 0.1) is 0 Å².